The van der Waals surface area contributed by atoms with Gasteiger partial charge in [-0.25, -0.2) is 17.9 Å². The zero-order valence-corrected chi connectivity index (χ0v) is 12.0. The van der Waals surface area contributed by atoms with Crippen LogP contribution in [0.1, 0.15) is 24.2 Å². The van der Waals surface area contributed by atoms with Crippen LogP contribution in [-0.4, -0.2) is 33.6 Å². The molecule has 3 N–H and O–H groups in total. The quantitative estimate of drug-likeness (QED) is 0.767. The maximum Gasteiger partial charge on any atom is 0.339 e. The fourth-order valence-electron chi connectivity index (χ4n) is 1.44. The summed E-state index contributed by atoms with van der Waals surface area (Å²) in [4.78, 5) is 11.5. The van der Waals surface area contributed by atoms with Gasteiger partial charge in [0.1, 0.15) is 0 Å². The molecule has 0 atom stereocenters. The molecule has 0 radical (unpaired) electrons. The molecular weight excluding hydrogens is 268 g/mol. The van der Waals surface area contributed by atoms with Crippen LogP contribution in [0.25, 0.3) is 0 Å². The lowest BCUT2D eigenvalue weighted by molar-refractivity contribution is 0.0596. The van der Waals surface area contributed by atoms with Gasteiger partial charge in [-0.05, 0) is 26.0 Å². The van der Waals surface area contributed by atoms with Crippen molar-refractivity contribution >= 4 is 16.0 Å². The highest BCUT2D eigenvalue weighted by molar-refractivity contribution is 7.89. The maximum atomic E-state index is 12.3. The van der Waals surface area contributed by atoms with E-state index in [0.717, 1.165) is 0 Å². The molecule has 0 aliphatic rings. The summed E-state index contributed by atoms with van der Waals surface area (Å²) in [5.74, 6) is -0.702. The SMILES string of the molecule is COC(=O)c1ccccc1S(=O)(=O)NC(C)(C)CN. The second-order valence-corrected chi connectivity index (χ2v) is 6.33. The Balaban J connectivity index is 3.26. The number of nitrogens with one attached hydrogen (secondary N) is 1. The fraction of sp³-hybridized carbons (Fsp3) is 0.417. The topological polar surface area (TPSA) is 98.5 Å². The summed E-state index contributed by atoms with van der Waals surface area (Å²) in [5, 5.41) is 0. The molecule has 0 bridgehead atoms. The minimum Gasteiger partial charge on any atom is -0.465 e. The van der Waals surface area contributed by atoms with E-state index in [1.807, 2.05) is 0 Å². The smallest absolute Gasteiger partial charge is 0.339 e. The van der Waals surface area contributed by atoms with Crippen molar-refractivity contribution in [1.29, 1.82) is 0 Å². The molecule has 0 spiro atoms. The van der Waals surface area contributed by atoms with Gasteiger partial charge in [-0.2, -0.15) is 0 Å². The van der Waals surface area contributed by atoms with E-state index < -0.39 is 21.5 Å². The Labute approximate surface area is 113 Å². The fourth-order valence-corrected chi connectivity index (χ4v) is 3.06. The maximum absolute atomic E-state index is 12.3. The first kappa shape index (κ1) is 15.6. The summed E-state index contributed by atoms with van der Waals surface area (Å²) in [7, 11) is -2.65. The number of rotatable bonds is 5. The van der Waals surface area contributed by atoms with Crippen molar-refractivity contribution in [1.82, 2.24) is 4.72 Å². The van der Waals surface area contributed by atoms with Gasteiger partial charge in [0.05, 0.1) is 17.6 Å². The number of carbonyl (C=O) groups excluding carboxylic acids is 1. The first-order valence-electron chi connectivity index (χ1n) is 5.65. The van der Waals surface area contributed by atoms with E-state index in [0.29, 0.717) is 0 Å². The van der Waals surface area contributed by atoms with Gasteiger partial charge in [-0.1, -0.05) is 12.1 Å². The van der Waals surface area contributed by atoms with Gasteiger partial charge in [-0.15, -0.1) is 0 Å². The average molecular weight is 286 g/mol. The predicted octanol–water partition coefficient (Wildman–Crippen LogP) is 0.489. The van der Waals surface area contributed by atoms with Gasteiger partial charge in [-0.3, -0.25) is 0 Å². The molecule has 7 heteroatoms. The Kier molecular flexibility index (Phi) is 4.67. The van der Waals surface area contributed by atoms with Crippen LogP contribution in [-0.2, 0) is 14.8 Å². The van der Waals surface area contributed by atoms with Crippen molar-refractivity contribution in [2.75, 3.05) is 13.7 Å². The van der Waals surface area contributed by atoms with Gasteiger partial charge >= 0.3 is 5.97 Å². The normalized spacial score (nSPS) is 12.2. The van der Waals surface area contributed by atoms with Gasteiger partial charge in [0.2, 0.25) is 10.0 Å². The molecule has 106 valence electrons. The molecule has 0 saturated carbocycles. The molecule has 0 saturated heterocycles. The first-order valence-corrected chi connectivity index (χ1v) is 7.13. The monoisotopic (exact) mass is 286 g/mol. The predicted molar refractivity (Wildman–Crippen MR) is 71.2 cm³/mol. The highest BCUT2D eigenvalue weighted by atomic mass is 32.2. The van der Waals surface area contributed by atoms with E-state index in [9.17, 15) is 13.2 Å². The molecule has 1 rings (SSSR count). The van der Waals surface area contributed by atoms with Gasteiger partial charge in [0, 0.05) is 12.1 Å². The molecule has 1 aromatic rings. The summed E-state index contributed by atoms with van der Waals surface area (Å²) in [6.07, 6.45) is 0. The van der Waals surface area contributed by atoms with Crippen LogP contribution < -0.4 is 10.5 Å². The molecule has 19 heavy (non-hydrogen) atoms. The van der Waals surface area contributed by atoms with E-state index in [1.54, 1.807) is 19.9 Å². The van der Waals surface area contributed by atoms with Crippen molar-refractivity contribution in [2.24, 2.45) is 5.73 Å². The Hall–Kier alpha value is -1.44. The molecule has 0 aliphatic carbocycles. The second-order valence-electron chi connectivity index (χ2n) is 4.68. The Bertz CT molecular complexity index is 567. The third-order valence-corrected chi connectivity index (χ3v) is 4.26. The zero-order chi connectivity index (χ0) is 14.7. The average Bonchev–Trinajstić information content (AvgIpc) is 2.36. The molecule has 0 aromatic heterocycles. The van der Waals surface area contributed by atoms with Gasteiger partial charge in [0.15, 0.2) is 0 Å². The summed E-state index contributed by atoms with van der Waals surface area (Å²) in [6, 6.07) is 5.85. The summed E-state index contributed by atoms with van der Waals surface area (Å²) in [5.41, 5.74) is 4.68. The van der Waals surface area contributed by atoms with Crippen LogP contribution in [0.3, 0.4) is 0 Å². The van der Waals surface area contributed by atoms with E-state index in [4.69, 9.17) is 5.73 Å². The number of nitrogens with two attached hydrogens (primary N) is 1. The van der Waals surface area contributed by atoms with Crippen molar-refractivity contribution in [3.8, 4) is 0 Å². The number of benzene rings is 1. The summed E-state index contributed by atoms with van der Waals surface area (Å²) in [6.45, 7) is 3.45. The Morgan fingerprint density at radius 1 is 1.37 bits per heavy atom. The molecule has 0 aliphatic heterocycles. The Morgan fingerprint density at radius 3 is 2.47 bits per heavy atom. The highest BCUT2D eigenvalue weighted by Crippen LogP contribution is 2.18. The van der Waals surface area contributed by atoms with Crippen LogP contribution in [0.4, 0.5) is 0 Å². The standard InChI is InChI=1S/C12H18N2O4S/c1-12(2,8-13)14-19(16,17)10-7-5-4-6-9(10)11(15)18-3/h4-7,14H,8,13H2,1-3H3. The number of methoxy groups -OCH3 is 1. The van der Waals surface area contributed by atoms with E-state index in [2.05, 4.69) is 9.46 Å². The number of carbonyl (C=O) groups is 1. The lowest BCUT2D eigenvalue weighted by Crippen LogP contribution is -2.48. The molecular formula is C12H18N2O4S. The van der Waals surface area contributed by atoms with Crippen molar-refractivity contribution in [2.45, 2.75) is 24.3 Å². The first-order chi connectivity index (χ1) is 8.73. The van der Waals surface area contributed by atoms with Crippen LogP contribution in [0.5, 0.6) is 0 Å². The molecule has 1 aromatic carbocycles. The molecule has 0 unspecified atom stereocenters. The second kappa shape index (κ2) is 5.68. The Morgan fingerprint density at radius 2 is 1.95 bits per heavy atom. The van der Waals surface area contributed by atoms with Crippen LogP contribution in [0, 0.1) is 0 Å². The number of ether oxygens (including phenoxy) is 1. The highest BCUT2D eigenvalue weighted by Gasteiger charge is 2.28. The molecule has 0 amide bonds. The van der Waals surface area contributed by atoms with Gasteiger partial charge < -0.3 is 10.5 Å². The van der Waals surface area contributed by atoms with Crippen LogP contribution >= 0.6 is 0 Å². The summed E-state index contributed by atoms with van der Waals surface area (Å²) < 4.78 is 31.6. The van der Waals surface area contributed by atoms with Crippen LogP contribution in [0.2, 0.25) is 0 Å². The third kappa shape index (κ3) is 3.76. The largest absolute Gasteiger partial charge is 0.465 e. The minimum absolute atomic E-state index is 0.00896. The van der Waals surface area contributed by atoms with Crippen molar-refractivity contribution < 1.29 is 17.9 Å². The number of esters is 1. The van der Waals surface area contributed by atoms with Crippen molar-refractivity contribution in [3.05, 3.63) is 29.8 Å². The minimum atomic E-state index is -3.85. The van der Waals surface area contributed by atoms with Gasteiger partial charge in [0.25, 0.3) is 0 Å². The lowest BCUT2D eigenvalue weighted by Gasteiger charge is -2.24. The molecule has 0 heterocycles. The third-order valence-electron chi connectivity index (χ3n) is 2.50. The number of sulfonamides is 1. The zero-order valence-electron chi connectivity index (χ0n) is 11.1. The summed E-state index contributed by atoms with van der Waals surface area (Å²) >= 11 is 0. The molecule has 6 nitrogen and oxygen atoms in total. The lowest BCUT2D eigenvalue weighted by atomic mass is 10.1. The number of hydrogen-bond acceptors (Lipinski definition) is 5. The number of hydrogen-bond donors (Lipinski definition) is 2. The van der Waals surface area contributed by atoms with E-state index in [1.165, 1.54) is 25.3 Å². The van der Waals surface area contributed by atoms with Crippen LogP contribution in [0.15, 0.2) is 29.2 Å². The van der Waals surface area contributed by atoms with E-state index in [-0.39, 0.29) is 17.0 Å². The molecule has 0 fully saturated rings. The van der Waals surface area contributed by atoms with E-state index >= 15 is 0 Å². The van der Waals surface area contributed by atoms with Crippen molar-refractivity contribution in [3.63, 3.8) is 0 Å².